The first-order valence-electron chi connectivity index (χ1n) is 7.30. The van der Waals surface area contributed by atoms with Crippen LogP contribution < -0.4 is 9.47 Å². The normalized spacial score (nSPS) is 19.2. The van der Waals surface area contributed by atoms with Crippen LogP contribution in [0, 0.1) is 5.82 Å². The highest BCUT2D eigenvalue weighted by molar-refractivity contribution is 7.99. The molecule has 1 amide bonds. The summed E-state index contributed by atoms with van der Waals surface area (Å²) in [6, 6.07) is 11.5. The lowest BCUT2D eigenvalue weighted by molar-refractivity contribution is 0.0760. The average Bonchev–Trinajstić information content (AvgIpc) is 3.23. The summed E-state index contributed by atoms with van der Waals surface area (Å²) in [6.45, 7) is 0.852. The van der Waals surface area contributed by atoms with Crippen LogP contribution in [0.2, 0.25) is 0 Å². The van der Waals surface area contributed by atoms with E-state index in [1.807, 2.05) is 4.90 Å². The standard InChI is InChI=1S/C17H14FNO3S/c18-13-4-1-11(2-5-13)17-19(7-8-23-17)16(20)12-3-6-14-15(9-12)22-10-21-14/h1-6,9,17H,7-8,10H2/t17-/m1/s1. The van der Waals surface area contributed by atoms with E-state index in [1.54, 1.807) is 42.1 Å². The Morgan fingerprint density at radius 2 is 1.91 bits per heavy atom. The van der Waals surface area contributed by atoms with Crippen molar-refractivity contribution in [2.24, 2.45) is 0 Å². The van der Waals surface area contributed by atoms with Crippen molar-refractivity contribution in [1.82, 2.24) is 4.90 Å². The van der Waals surface area contributed by atoms with Crippen LogP contribution in [0.1, 0.15) is 21.3 Å². The van der Waals surface area contributed by atoms with E-state index in [0.29, 0.717) is 23.6 Å². The molecule has 118 valence electrons. The van der Waals surface area contributed by atoms with Crippen molar-refractivity contribution in [1.29, 1.82) is 0 Å². The molecule has 4 rings (SSSR count). The summed E-state index contributed by atoms with van der Waals surface area (Å²) in [7, 11) is 0. The highest BCUT2D eigenvalue weighted by Crippen LogP contribution is 2.40. The molecular weight excluding hydrogens is 317 g/mol. The maximum absolute atomic E-state index is 13.1. The number of carbonyl (C=O) groups is 1. The first kappa shape index (κ1) is 14.4. The van der Waals surface area contributed by atoms with Crippen molar-refractivity contribution in [2.45, 2.75) is 5.37 Å². The minimum atomic E-state index is -0.273. The SMILES string of the molecule is O=C(c1ccc2c(c1)OCO2)N1CCS[C@@H]1c1ccc(F)cc1. The molecule has 1 atom stereocenters. The number of halogens is 1. The Morgan fingerprint density at radius 1 is 1.13 bits per heavy atom. The minimum absolute atomic E-state index is 0.0531. The summed E-state index contributed by atoms with van der Waals surface area (Å²) in [5, 5.41) is -0.0893. The van der Waals surface area contributed by atoms with E-state index in [-0.39, 0.29) is 23.9 Å². The molecule has 2 aliphatic rings. The molecule has 0 radical (unpaired) electrons. The molecule has 1 fully saturated rings. The molecule has 4 nitrogen and oxygen atoms in total. The average molecular weight is 331 g/mol. The molecule has 2 aromatic carbocycles. The Labute approximate surface area is 137 Å². The van der Waals surface area contributed by atoms with Crippen LogP contribution in [-0.4, -0.2) is 29.9 Å². The first-order chi connectivity index (χ1) is 11.2. The van der Waals surface area contributed by atoms with E-state index in [2.05, 4.69) is 0 Å². The summed E-state index contributed by atoms with van der Waals surface area (Å²) in [6.07, 6.45) is 0. The third-order valence-electron chi connectivity index (χ3n) is 3.93. The summed E-state index contributed by atoms with van der Waals surface area (Å²) in [5.41, 5.74) is 1.51. The van der Waals surface area contributed by atoms with Gasteiger partial charge in [-0.25, -0.2) is 4.39 Å². The molecular formula is C17H14FNO3S. The summed E-state index contributed by atoms with van der Waals surface area (Å²) >= 11 is 1.68. The van der Waals surface area contributed by atoms with Crippen molar-refractivity contribution in [3.8, 4) is 11.5 Å². The van der Waals surface area contributed by atoms with Crippen molar-refractivity contribution in [3.63, 3.8) is 0 Å². The highest BCUT2D eigenvalue weighted by atomic mass is 32.2. The van der Waals surface area contributed by atoms with Crippen molar-refractivity contribution >= 4 is 17.7 Å². The number of nitrogens with zero attached hydrogens (tertiary/aromatic N) is 1. The number of hydrogen-bond acceptors (Lipinski definition) is 4. The summed E-state index contributed by atoms with van der Waals surface area (Å²) in [5.74, 6) is 1.79. The van der Waals surface area contributed by atoms with E-state index in [1.165, 1.54) is 12.1 Å². The van der Waals surface area contributed by atoms with Gasteiger partial charge in [-0.2, -0.15) is 0 Å². The zero-order valence-electron chi connectivity index (χ0n) is 12.2. The molecule has 23 heavy (non-hydrogen) atoms. The van der Waals surface area contributed by atoms with Crippen LogP contribution >= 0.6 is 11.8 Å². The molecule has 6 heteroatoms. The van der Waals surface area contributed by atoms with E-state index >= 15 is 0 Å². The predicted molar refractivity (Wildman–Crippen MR) is 85.2 cm³/mol. The van der Waals surface area contributed by atoms with Gasteiger partial charge in [-0.1, -0.05) is 12.1 Å². The second kappa shape index (κ2) is 5.77. The van der Waals surface area contributed by atoms with Crippen LogP contribution in [0.25, 0.3) is 0 Å². The third kappa shape index (κ3) is 2.63. The second-order valence-corrected chi connectivity index (χ2v) is 6.53. The van der Waals surface area contributed by atoms with E-state index in [9.17, 15) is 9.18 Å². The van der Waals surface area contributed by atoms with Crippen LogP contribution in [-0.2, 0) is 0 Å². The highest BCUT2D eigenvalue weighted by Gasteiger charge is 2.32. The number of rotatable bonds is 2. The van der Waals surface area contributed by atoms with Crippen molar-refractivity contribution in [3.05, 3.63) is 59.4 Å². The zero-order valence-corrected chi connectivity index (χ0v) is 13.0. The molecule has 2 aliphatic heterocycles. The minimum Gasteiger partial charge on any atom is -0.454 e. The fraction of sp³-hybridized carbons (Fsp3) is 0.235. The van der Waals surface area contributed by atoms with Crippen molar-refractivity contribution in [2.75, 3.05) is 19.1 Å². The quantitative estimate of drug-likeness (QED) is 0.845. The molecule has 2 heterocycles. The van der Waals surface area contributed by atoms with Gasteiger partial charge in [-0.05, 0) is 35.9 Å². The van der Waals surface area contributed by atoms with Crippen molar-refractivity contribution < 1.29 is 18.7 Å². The number of amides is 1. The molecule has 0 unspecified atom stereocenters. The predicted octanol–water partition coefficient (Wildman–Crippen LogP) is 3.44. The number of fused-ring (bicyclic) bond motifs is 1. The monoisotopic (exact) mass is 331 g/mol. The molecule has 0 N–H and O–H groups in total. The Bertz CT molecular complexity index is 750. The van der Waals surface area contributed by atoms with Gasteiger partial charge in [-0.15, -0.1) is 11.8 Å². The number of hydrogen-bond donors (Lipinski definition) is 0. The molecule has 0 aromatic heterocycles. The van der Waals surface area contributed by atoms with Crippen LogP contribution in [0.5, 0.6) is 11.5 Å². The lowest BCUT2D eigenvalue weighted by Gasteiger charge is -2.24. The maximum Gasteiger partial charge on any atom is 0.255 e. The Morgan fingerprint density at radius 3 is 2.74 bits per heavy atom. The molecule has 0 bridgehead atoms. The van der Waals surface area contributed by atoms with Crippen LogP contribution in [0.3, 0.4) is 0 Å². The number of benzene rings is 2. The summed E-state index contributed by atoms with van der Waals surface area (Å²) < 4.78 is 23.7. The van der Waals surface area contributed by atoms with Gasteiger partial charge in [0.2, 0.25) is 6.79 Å². The van der Waals surface area contributed by atoms with Gasteiger partial charge in [0.25, 0.3) is 5.91 Å². The third-order valence-corrected chi connectivity index (χ3v) is 5.19. The molecule has 0 aliphatic carbocycles. The topological polar surface area (TPSA) is 38.8 Å². The Balaban J connectivity index is 1.60. The number of thioether (sulfide) groups is 1. The molecule has 1 saturated heterocycles. The molecule has 0 spiro atoms. The van der Waals surface area contributed by atoms with Gasteiger partial charge in [0.1, 0.15) is 11.2 Å². The van der Waals surface area contributed by atoms with Crippen LogP contribution in [0.4, 0.5) is 4.39 Å². The summed E-state index contributed by atoms with van der Waals surface area (Å²) in [4.78, 5) is 14.7. The van der Waals surface area contributed by atoms with E-state index < -0.39 is 0 Å². The van der Waals surface area contributed by atoms with Gasteiger partial charge in [0.15, 0.2) is 11.5 Å². The largest absolute Gasteiger partial charge is 0.454 e. The van der Waals surface area contributed by atoms with Gasteiger partial charge >= 0.3 is 0 Å². The number of ether oxygens (including phenoxy) is 2. The van der Waals surface area contributed by atoms with Crippen LogP contribution in [0.15, 0.2) is 42.5 Å². The zero-order chi connectivity index (χ0) is 15.8. The fourth-order valence-electron chi connectivity index (χ4n) is 2.78. The molecule has 0 saturated carbocycles. The molecule has 2 aromatic rings. The Kier molecular flexibility index (Phi) is 3.61. The fourth-order valence-corrected chi connectivity index (χ4v) is 4.03. The van der Waals surface area contributed by atoms with Gasteiger partial charge in [0, 0.05) is 17.9 Å². The van der Waals surface area contributed by atoms with Gasteiger partial charge in [-0.3, -0.25) is 4.79 Å². The van der Waals surface area contributed by atoms with E-state index in [0.717, 1.165) is 11.3 Å². The van der Waals surface area contributed by atoms with E-state index in [4.69, 9.17) is 9.47 Å². The van der Waals surface area contributed by atoms with Gasteiger partial charge < -0.3 is 14.4 Å². The maximum atomic E-state index is 13.1. The lowest BCUT2D eigenvalue weighted by atomic mass is 10.1. The van der Waals surface area contributed by atoms with Gasteiger partial charge in [0.05, 0.1) is 0 Å². The smallest absolute Gasteiger partial charge is 0.255 e. The Hall–Kier alpha value is -2.21. The first-order valence-corrected chi connectivity index (χ1v) is 8.35. The second-order valence-electron chi connectivity index (χ2n) is 5.34. The lowest BCUT2D eigenvalue weighted by Crippen LogP contribution is -2.30. The number of carbonyl (C=O) groups excluding carboxylic acids is 1.